The van der Waals surface area contributed by atoms with Gasteiger partial charge in [0.05, 0.1) is 0 Å². The zero-order chi connectivity index (χ0) is 22.1. The lowest BCUT2D eigenvalue weighted by molar-refractivity contribution is 0.112. The summed E-state index contributed by atoms with van der Waals surface area (Å²) in [5.74, 6) is 0. The lowest BCUT2D eigenvalue weighted by Gasteiger charge is -2.05. The largest absolute Gasteiger partial charge is 0.316 e. The molecule has 1 N–H and O–H groups in total. The van der Waals surface area contributed by atoms with E-state index in [1.165, 1.54) is 5.56 Å². The van der Waals surface area contributed by atoms with Gasteiger partial charge < -0.3 is 5.32 Å². The van der Waals surface area contributed by atoms with E-state index in [1.807, 2.05) is 67.7 Å². The van der Waals surface area contributed by atoms with Crippen LogP contribution < -0.4 is 5.32 Å². The number of aldehydes is 1. The van der Waals surface area contributed by atoms with Crippen molar-refractivity contribution in [3.63, 3.8) is 0 Å². The minimum atomic E-state index is 0.672. The maximum atomic E-state index is 10.5. The quantitative estimate of drug-likeness (QED) is 0.320. The van der Waals surface area contributed by atoms with E-state index >= 15 is 0 Å². The van der Waals surface area contributed by atoms with Gasteiger partial charge in [-0.25, -0.2) is 0 Å². The second-order valence-electron chi connectivity index (χ2n) is 6.93. The molecule has 0 atom stereocenters. The third kappa shape index (κ3) is 6.28. The van der Waals surface area contributed by atoms with Gasteiger partial charge in [0.25, 0.3) is 0 Å². The van der Waals surface area contributed by atoms with Crippen molar-refractivity contribution in [3.05, 3.63) is 118 Å². The molecule has 4 heteroatoms. The normalized spacial score (nSPS) is 10.2. The summed E-state index contributed by atoms with van der Waals surface area (Å²) in [6, 6.07) is 31.3. The van der Waals surface area contributed by atoms with Crippen molar-refractivity contribution in [3.8, 4) is 22.3 Å². The number of rotatable bonds is 5. The van der Waals surface area contributed by atoms with Crippen LogP contribution in [0.4, 0.5) is 0 Å². The van der Waals surface area contributed by atoms with E-state index in [2.05, 4.69) is 29.6 Å². The molecule has 4 aromatic carbocycles. The molecular weight excluding hydrogens is 425 g/mol. The molecule has 156 valence electrons. The number of halogens is 2. The Morgan fingerprint density at radius 2 is 1.13 bits per heavy atom. The van der Waals surface area contributed by atoms with Crippen LogP contribution >= 0.6 is 23.2 Å². The summed E-state index contributed by atoms with van der Waals surface area (Å²) in [5.41, 5.74) is 6.19. The number of benzene rings is 4. The predicted octanol–water partition coefficient (Wildman–Crippen LogP) is 7.55. The average Bonchev–Trinajstić information content (AvgIpc) is 2.81. The lowest BCUT2D eigenvalue weighted by atomic mass is 10.0. The summed E-state index contributed by atoms with van der Waals surface area (Å²) in [7, 11) is 1.95. The van der Waals surface area contributed by atoms with Crippen molar-refractivity contribution in [2.45, 2.75) is 6.54 Å². The van der Waals surface area contributed by atoms with E-state index in [1.54, 1.807) is 12.1 Å². The lowest BCUT2D eigenvalue weighted by Crippen LogP contribution is -2.04. The van der Waals surface area contributed by atoms with Crippen LogP contribution in [0.1, 0.15) is 15.9 Å². The molecule has 0 bridgehead atoms. The van der Waals surface area contributed by atoms with Crippen molar-refractivity contribution >= 4 is 29.5 Å². The molecule has 0 amide bonds. The first-order valence-corrected chi connectivity index (χ1v) is 10.7. The molecule has 4 aromatic rings. The minimum absolute atomic E-state index is 0.672. The highest BCUT2D eigenvalue weighted by molar-refractivity contribution is 6.33. The number of carbonyl (C=O) groups excluding carboxylic acids is 1. The van der Waals surface area contributed by atoms with Gasteiger partial charge in [0, 0.05) is 33.3 Å². The molecule has 0 heterocycles. The van der Waals surface area contributed by atoms with E-state index in [4.69, 9.17) is 23.2 Å². The van der Waals surface area contributed by atoms with Crippen LogP contribution in [0.5, 0.6) is 0 Å². The fraction of sp³-hybridized carbons (Fsp3) is 0.0741. The first-order chi connectivity index (χ1) is 15.1. The van der Waals surface area contributed by atoms with E-state index < -0.39 is 0 Å². The SMILES string of the molecule is CNCc1ccc(-c2ccccc2Cl)cc1.O=Cc1ccc(-c2ccccc2Cl)cc1. The highest BCUT2D eigenvalue weighted by Gasteiger charge is 2.02. The molecule has 0 aliphatic rings. The first kappa shape index (κ1) is 22.8. The molecule has 31 heavy (non-hydrogen) atoms. The molecule has 0 spiro atoms. The van der Waals surface area contributed by atoms with Gasteiger partial charge in [-0.1, -0.05) is 108 Å². The van der Waals surface area contributed by atoms with Crippen molar-refractivity contribution in [1.29, 1.82) is 0 Å². The zero-order valence-electron chi connectivity index (χ0n) is 17.2. The molecule has 0 unspecified atom stereocenters. The highest BCUT2D eigenvalue weighted by Crippen LogP contribution is 2.28. The van der Waals surface area contributed by atoms with Gasteiger partial charge in [-0.05, 0) is 35.9 Å². The molecule has 0 aromatic heterocycles. The van der Waals surface area contributed by atoms with Crippen LogP contribution in [0.25, 0.3) is 22.3 Å². The molecular formula is C27H23Cl2NO. The van der Waals surface area contributed by atoms with Crippen LogP contribution in [-0.4, -0.2) is 13.3 Å². The van der Waals surface area contributed by atoms with E-state index in [9.17, 15) is 4.79 Å². The highest BCUT2D eigenvalue weighted by atomic mass is 35.5. The summed E-state index contributed by atoms with van der Waals surface area (Å²) in [6.45, 7) is 0.892. The van der Waals surface area contributed by atoms with Gasteiger partial charge >= 0.3 is 0 Å². The van der Waals surface area contributed by atoms with Crippen molar-refractivity contribution in [2.75, 3.05) is 7.05 Å². The summed E-state index contributed by atoms with van der Waals surface area (Å²) in [6.07, 6.45) is 0.830. The molecule has 0 radical (unpaired) electrons. The van der Waals surface area contributed by atoms with Crippen LogP contribution in [0.2, 0.25) is 10.0 Å². The second kappa shape index (κ2) is 11.5. The summed E-state index contributed by atoms with van der Waals surface area (Å²) in [4.78, 5) is 10.5. The number of nitrogens with one attached hydrogen (secondary N) is 1. The summed E-state index contributed by atoms with van der Waals surface area (Å²) >= 11 is 12.2. The Kier molecular flexibility index (Phi) is 8.43. The Morgan fingerprint density at radius 1 is 0.677 bits per heavy atom. The smallest absolute Gasteiger partial charge is 0.150 e. The molecule has 0 saturated heterocycles. The van der Waals surface area contributed by atoms with Gasteiger partial charge in [-0.2, -0.15) is 0 Å². The van der Waals surface area contributed by atoms with Crippen LogP contribution in [0.3, 0.4) is 0 Å². The van der Waals surface area contributed by atoms with Gasteiger partial charge in [0.1, 0.15) is 6.29 Å². The van der Waals surface area contributed by atoms with E-state index in [0.717, 1.165) is 45.1 Å². The number of carbonyl (C=O) groups is 1. The Hall–Kier alpha value is -2.91. The minimum Gasteiger partial charge on any atom is -0.316 e. The molecule has 0 fully saturated rings. The second-order valence-corrected chi connectivity index (χ2v) is 7.74. The molecule has 4 rings (SSSR count). The van der Waals surface area contributed by atoms with Crippen molar-refractivity contribution < 1.29 is 4.79 Å². The van der Waals surface area contributed by atoms with Gasteiger partial charge in [0.2, 0.25) is 0 Å². The average molecular weight is 448 g/mol. The topological polar surface area (TPSA) is 29.1 Å². The number of hydrogen-bond donors (Lipinski definition) is 1. The Labute approximate surface area is 193 Å². The third-order valence-corrected chi connectivity index (χ3v) is 5.41. The van der Waals surface area contributed by atoms with Crippen molar-refractivity contribution in [2.24, 2.45) is 0 Å². The van der Waals surface area contributed by atoms with E-state index in [0.29, 0.717) is 5.56 Å². The number of hydrogen-bond acceptors (Lipinski definition) is 2. The predicted molar refractivity (Wildman–Crippen MR) is 132 cm³/mol. The van der Waals surface area contributed by atoms with Gasteiger partial charge in [-0.3, -0.25) is 4.79 Å². The van der Waals surface area contributed by atoms with Crippen molar-refractivity contribution in [1.82, 2.24) is 5.32 Å². The zero-order valence-corrected chi connectivity index (χ0v) is 18.7. The monoisotopic (exact) mass is 447 g/mol. The first-order valence-electron chi connectivity index (χ1n) is 9.91. The Bertz CT molecular complexity index is 1120. The fourth-order valence-corrected chi connectivity index (χ4v) is 3.63. The Morgan fingerprint density at radius 3 is 1.55 bits per heavy atom. The van der Waals surface area contributed by atoms with Gasteiger partial charge in [0.15, 0.2) is 0 Å². The molecule has 0 aliphatic heterocycles. The molecule has 0 saturated carbocycles. The summed E-state index contributed by atoms with van der Waals surface area (Å²) in [5, 5.41) is 4.64. The van der Waals surface area contributed by atoms with Gasteiger partial charge in [-0.15, -0.1) is 0 Å². The van der Waals surface area contributed by atoms with Crippen LogP contribution in [0.15, 0.2) is 97.1 Å². The summed E-state index contributed by atoms with van der Waals surface area (Å²) < 4.78 is 0. The van der Waals surface area contributed by atoms with E-state index in [-0.39, 0.29) is 0 Å². The fourth-order valence-electron chi connectivity index (χ4n) is 3.14. The standard InChI is InChI=1S/C14H14ClN.C13H9ClO/c1-16-10-11-6-8-12(9-7-11)13-4-2-3-5-14(13)15;14-13-4-2-1-3-12(13)11-7-5-10(9-15)6-8-11/h2-9,16H,10H2,1H3;1-9H. The maximum Gasteiger partial charge on any atom is 0.150 e. The third-order valence-electron chi connectivity index (χ3n) is 4.75. The molecule has 2 nitrogen and oxygen atoms in total. The van der Waals surface area contributed by atoms with Crippen LogP contribution in [0, 0.1) is 0 Å². The Balaban J connectivity index is 0.000000176. The molecule has 0 aliphatic carbocycles. The maximum absolute atomic E-state index is 10.5. The van der Waals surface area contributed by atoms with Crippen LogP contribution in [-0.2, 0) is 6.54 Å².